The van der Waals surface area contributed by atoms with E-state index >= 15 is 0 Å². The van der Waals surface area contributed by atoms with E-state index < -0.39 is 5.97 Å². The highest BCUT2D eigenvalue weighted by molar-refractivity contribution is 7.21. The molecule has 1 saturated heterocycles. The van der Waals surface area contributed by atoms with Crippen LogP contribution in [0.5, 0.6) is 0 Å². The lowest BCUT2D eigenvalue weighted by Crippen LogP contribution is -3.27. The number of rotatable bonds is 6. The van der Waals surface area contributed by atoms with Gasteiger partial charge >= 0.3 is 5.97 Å². The Hall–Kier alpha value is -1.93. The molecule has 0 unspecified atom stereocenters. The molecular weight excluding hydrogens is 398 g/mol. The zero-order valence-electron chi connectivity index (χ0n) is 16.1. The minimum absolute atomic E-state index is 0.113. The standard InChI is InChI=1S/C20H24ClN3O3S/c1-3-27-20(26)17-16(14-7-5-4-6-8-14)18(21)28-19(17)22-15(25)13-24-11-9-23(2)10-12-24/h4-8H,3,9-13H2,1-2H3,(H,22,25)/p+2. The molecule has 150 valence electrons. The van der Waals surface area contributed by atoms with Crippen LogP contribution in [0.3, 0.4) is 0 Å². The van der Waals surface area contributed by atoms with Gasteiger partial charge in [-0.1, -0.05) is 41.9 Å². The molecule has 0 radical (unpaired) electrons. The van der Waals surface area contributed by atoms with Gasteiger partial charge in [0.1, 0.15) is 41.1 Å². The number of thiophene rings is 1. The SMILES string of the molecule is CCOC(=O)c1c(NC(=O)C[NH+]2CC[NH+](C)CC2)sc(Cl)c1-c1ccccc1. The van der Waals surface area contributed by atoms with Crippen LogP contribution in [0.1, 0.15) is 17.3 Å². The molecule has 2 aromatic rings. The van der Waals surface area contributed by atoms with Gasteiger partial charge in [-0.2, -0.15) is 0 Å². The second-order valence-corrected chi connectivity index (χ2v) is 8.60. The zero-order chi connectivity index (χ0) is 20.1. The van der Waals surface area contributed by atoms with E-state index in [1.807, 2.05) is 30.3 Å². The van der Waals surface area contributed by atoms with E-state index in [4.69, 9.17) is 16.3 Å². The molecule has 8 heteroatoms. The summed E-state index contributed by atoms with van der Waals surface area (Å²) >= 11 is 7.67. The fourth-order valence-corrected chi connectivity index (χ4v) is 4.75. The number of piperazine rings is 1. The second kappa shape index (κ2) is 9.52. The number of likely N-dealkylation sites (N-methyl/N-ethyl adjacent to an activating group) is 1. The summed E-state index contributed by atoms with van der Waals surface area (Å²) in [5.74, 6) is -0.590. The fraction of sp³-hybridized carbons (Fsp3) is 0.400. The first-order valence-corrected chi connectivity index (χ1v) is 10.7. The van der Waals surface area contributed by atoms with Crippen LogP contribution >= 0.6 is 22.9 Å². The second-order valence-electron chi connectivity index (χ2n) is 6.97. The number of carbonyl (C=O) groups is 2. The van der Waals surface area contributed by atoms with Gasteiger partial charge in [-0.3, -0.25) is 4.79 Å². The number of hydrogen-bond donors (Lipinski definition) is 3. The number of esters is 1. The molecule has 0 spiro atoms. The summed E-state index contributed by atoms with van der Waals surface area (Å²) in [5.41, 5.74) is 1.76. The lowest BCUT2D eigenvalue weighted by atomic mass is 10.0. The van der Waals surface area contributed by atoms with Gasteiger partial charge in [-0.25, -0.2) is 4.79 Å². The van der Waals surface area contributed by atoms with E-state index in [1.165, 1.54) is 21.1 Å². The van der Waals surface area contributed by atoms with E-state index in [1.54, 1.807) is 6.92 Å². The molecule has 6 nitrogen and oxygen atoms in total. The number of hydrogen-bond acceptors (Lipinski definition) is 4. The first kappa shape index (κ1) is 20.8. The number of halogens is 1. The molecule has 0 bridgehead atoms. The van der Waals surface area contributed by atoms with Gasteiger partial charge in [-0.05, 0) is 12.5 Å². The van der Waals surface area contributed by atoms with Gasteiger partial charge in [0, 0.05) is 5.56 Å². The molecule has 3 rings (SSSR count). The van der Waals surface area contributed by atoms with E-state index in [2.05, 4.69) is 12.4 Å². The number of benzene rings is 1. The minimum atomic E-state index is -0.477. The van der Waals surface area contributed by atoms with Gasteiger partial charge in [0.15, 0.2) is 6.54 Å². The Morgan fingerprint density at radius 1 is 1.18 bits per heavy atom. The molecule has 1 amide bonds. The van der Waals surface area contributed by atoms with Crippen molar-refractivity contribution >= 4 is 39.8 Å². The third-order valence-corrected chi connectivity index (χ3v) is 6.20. The Morgan fingerprint density at radius 3 is 2.50 bits per heavy atom. The van der Waals surface area contributed by atoms with Crippen molar-refractivity contribution in [2.45, 2.75) is 6.92 Å². The molecule has 1 aliphatic rings. The van der Waals surface area contributed by atoms with E-state index in [-0.39, 0.29) is 12.5 Å². The summed E-state index contributed by atoms with van der Waals surface area (Å²) in [4.78, 5) is 28.0. The summed E-state index contributed by atoms with van der Waals surface area (Å²) in [6.07, 6.45) is 0. The summed E-state index contributed by atoms with van der Waals surface area (Å²) in [7, 11) is 2.17. The lowest BCUT2D eigenvalue weighted by molar-refractivity contribution is -0.999. The maximum atomic E-state index is 12.6. The highest BCUT2D eigenvalue weighted by atomic mass is 35.5. The number of quaternary nitrogens is 2. The lowest BCUT2D eigenvalue weighted by Gasteiger charge is -2.26. The molecule has 1 aliphatic heterocycles. The largest absolute Gasteiger partial charge is 0.462 e. The summed E-state index contributed by atoms with van der Waals surface area (Å²) in [5, 5.41) is 3.36. The molecular formula is C20H26ClN3O3S+2. The van der Waals surface area contributed by atoms with Crippen LogP contribution in [0.25, 0.3) is 11.1 Å². The van der Waals surface area contributed by atoms with Crippen molar-refractivity contribution in [2.24, 2.45) is 0 Å². The van der Waals surface area contributed by atoms with Crippen molar-refractivity contribution in [3.8, 4) is 11.1 Å². The van der Waals surface area contributed by atoms with Crippen LogP contribution < -0.4 is 15.1 Å². The first-order valence-electron chi connectivity index (χ1n) is 9.49. The van der Waals surface area contributed by atoms with Crippen LogP contribution in [0.15, 0.2) is 30.3 Å². The Morgan fingerprint density at radius 2 is 1.86 bits per heavy atom. The smallest absolute Gasteiger partial charge is 0.341 e. The predicted octanol–water partition coefficient (Wildman–Crippen LogP) is 0.597. The maximum absolute atomic E-state index is 12.6. The Kier molecular flexibility index (Phi) is 7.07. The number of ether oxygens (including phenoxy) is 1. The van der Waals surface area contributed by atoms with Crippen LogP contribution in [-0.2, 0) is 9.53 Å². The molecule has 2 heterocycles. The summed E-state index contributed by atoms with van der Waals surface area (Å²) in [6.45, 7) is 6.42. The van der Waals surface area contributed by atoms with Gasteiger partial charge in [-0.15, -0.1) is 11.3 Å². The van der Waals surface area contributed by atoms with Gasteiger partial charge in [0.25, 0.3) is 5.91 Å². The van der Waals surface area contributed by atoms with Crippen molar-refractivity contribution in [3.05, 3.63) is 40.2 Å². The van der Waals surface area contributed by atoms with Crippen LogP contribution in [-0.4, -0.2) is 58.3 Å². The predicted molar refractivity (Wildman–Crippen MR) is 112 cm³/mol. The first-order chi connectivity index (χ1) is 13.5. The number of carbonyl (C=O) groups excluding carboxylic acids is 2. The third-order valence-electron chi connectivity index (χ3n) is 4.88. The highest BCUT2D eigenvalue weighted by Gasteiger charge is 2.28. The molecule has 3 N–H and O–H groups in total. The van der Waals surface area contributed by atoms with E-state index in [0.717, 1.165) is 31.7 Å². The normalized spacial score (nSPS) is 19.2. The van der Waals surface area contributed by atoms with Crippen LogP contribution in [0.2, 0.25) is 4.34 Å². The third kappa shape index (κ3) is 4.91. The molecule has 28 heavy (non-hydrogen) atoms. The van der Waals surface area contributed by atoms with Crippen molar-refractivity contribution in [1.82, 2.24) is 0 Å². The van der Waals surface area contributed by atoms with Crippen LogP contribution in [0.4, 0.5) is 5.00 Å². The average molecular weight is 424 g/mol. The Labute approximate surface area is 174 Å². The van der Waals surface area contributed by atoms with Crippen LogP contribution in [0, 0.1) is 0 Å². The topological polar surface area (TPSA) is 64.3 Å². The number of amides is 1. The molecule has 1 fully saturated rings. The van der Waals surface area contributed by atoms with Crippen molar-refractivity contribution in [3.63, 3.8) is 0 Å². The number of anilines is 1. The molecule has 0 aliphatic carbocycles. The molecule has 1 aromatic heterocycles. The van der Waals surface area contributed by atoms with E-state index in [0.29, 0.717) is 27.0 Å². The van der Waals surface area contributed by atoms with Gasteiger partial charge in [0.2, 0.25) is 0 Å². The Bertz CT molecular complexity index is 833. The highest BCUT2D eigenvalue weighted by Crippen LogP contribution is 2.43. The quantitative estimate of drug-likeness (QED) is 0.596. The van der Waals surface area contributed by atoms with Gasteiger partial charge in [0.05, 0.1) is 13.7 Å². The summed E-state index contributed by atoms with van der Waals surface area (Å²) < 4.78 is 5.70. The van der Waals surface area contributed by atoms with Crippen molar-refractivity contribution in [2.75, 3.05) is 51.7 Å². The minimum Gasteiger partial charge on any atom is -0.462 e. The van der Waals surface area contributed by atoms with Crippen molar-refractivity contribution < 1.29 is 24.1 Å². The van der Waals surface area contributed by atoms with Crippen molar-refractivity contribution in [1.29, 1.82) is 0 Å². The number of nitrogens with one attached hydrogen (secondary N) is 3. The summed E-state index contributed by atoms with van der Waals surface area (Å²) in [6, 6.07) is 9.44. The average Bonchev–Trinajstić information content (AvgIpc) is 3.00. The fourth-order valence-electron chi connectivity index (χ4n) is 3.36. The monoisotopic (exact) mass is 423 g/mol. The molecule has 1 aromatic carbocycles. The van der Waals surface area contributed by atoms with Gasteiger partial charge < -0.3 is 19.9 Å². The maximum Gasteiger partial charge on any atom is 0.341 e. The zero-order valence-corrected chi connectivity index (χ0v) is 17.7. The molecule has 0 atom stereocenters. The Balaban J connectivity index is 1.84. The molecule has 0 saturated carbocycles. The van der Waals surface area contributed by atoms with E-state index in [9.17, 15) is 9.59 Å².